The van der Waals surface area contributed by atoms with E-state index in [1.807, 2.05) is 60.7 Å². The first kappa shape index (κ1) is 20.3. The van der Waals surface area contributed by atoms with Crippen molar-refractivity contribution in [1.82, 2.24) is 10.6 Å². The van der Waals surface area contributed by atoms with E-state index in [0.717, 1.165) is 43.2 Å². The Morgan fingerprint density at radius 1 is 0.700 bits per heavy atom. The van der Waals surface area contributed by atoms with Gasteiger partial charge in [0, 0.05) is 11.1 Å². The Kier molecular flexibility index (Phi) is 5.93. The molecule has 2 aliphatic carbocycles. The Bertz CT molecular complexity index is 802. The third kappa shape index (κ3) is 4.93. The number of carbonyl (C=O) groups excluding carboxylic acids is 2. The molecular weight excluding hydrogens is 380 g/mol. The summed E-state index contributed by atoms with van der Waals surface area (Å²) in [5, 5.41) is 6.19. The third-order valence-electron chi connectivity index (χ3n) is 6.23. The third-order valence-corrected chi connectivity index (χ3v) is 6.23. The maximum atomic E-state index is 12.4. The van der Waals surface area contributed by atoms with Crippen LogP contribution in [0.1, 0.15) is 49.7 Å². The average molecular weight is 408 g/mol. The van der Waals surface area contributed by atoms with Gasteiger partial charge in [0.25, 0.3) is 0 Å². The average Bonchev–Trinajstić information content (AvgIpc) is 3.01. The largest absolute Gasteiger partial charge is 0.445 e. The quantitative estimate of drug-likeness (QED) is 0.727. The van der Waals surface area contributed by atoms with Gasteiger partial charge in [0.05, 0.1) is 0 Å². The molecule has 2 bridgehead atoms. The molecule has 0 heterocycles. The fourth-order valence-electron chi connectivity index (χ4n) is 4.78. The number of hydrogen-bond acceptors (Lipinski definition) is 4. The SMILES string of the molecule is O=C(NC12CCCC(NC(=O)OCc3ccccc3)(CC1)C2)OCc1ccccc1. The van der Waals surface area contributed by atoms with Crippen LogP contribution in [0.5, 0.6) is 0 Å². The molecule has 0 radical (unpaired) electrons. The Hall–Kier alpha value is -3.02. The fourth-order valence-corrected chi connectivity index (χ4v) is 4.78. The van der Waals surface area contributed by atoms with Crippen LogP contribution < -0.4 is 10.6 Å². The summed E-state index contributed by atoms with van der Waals surface area (Å²) in [6.45, 7) is 0.496. The summed E-state index contributed by atoms with van der Waals surface area (Å²) in [6, 6.07) is 19.3. The molecule has 0 saturated heterocycles. The van der Waals surface area contributed by atoms with Crippen molar-refractivity contribution in [3.05, 3.63) is 71.8 Å². The van der Waals surface area contributed by atoms with Gasteiger partial charge in [-0.1, -0.05) is 60.7 Å². The van der Waals surface area contributed by atoms with Crippen molar-refractivity contribution in [3.63, 3.8) is 0 Å². The molecule has 4 rings (SSSR count). The van der Waals surface area contributed by atoms with E-state index in [9.17, 15) is 9.59 Å². The van der Waals surface area contributed by atoms with Crippen LogP contribution in [0.25, 0.3) is 0 Å². The summed E-state index contributed by atoms with van der Waals surface area (Å²) >= 11 is 0. The molecule has 2 fully saturated rings. The molecule has 2 saturated carbocycles. The Balaban J connectivity index is 1.29. The predicted octanol–water partition coefficient (Wildman–Crippen LogP) is 4.68. The highest BCUT2D eigenvalue weighted by atomic mass is 16.6. The van der Waals surface area contributed by atoms with Crippen molar-refractivity contribution >= 4 is 12.2 Å². The number of rotatable bonds is 6. The number of alkyl carbamates (subject to hydrolysis) is 2. The second kappa shape index (κ2) is 8.78. The minimum Gasteiger partial charge on any atom is -0.445 e. The molecule has 2 amide bonds. The molecule has 2 atom stereocenters. The van der Waals surface area contributed by atoms with E-state index in [-0.39, 0.29) is 24.3 Å². The molecule has 2 unspecified atom stereocenters. The predicted molar refractivity (Wildman–Crippen MR) is 113 cm³/mol. The second-order valence-electron chi connectivity index (χ2n) is 8.46. The van der Waals surface area contributed by atoms with Crippen LogP contribution >= 0.6 is 0 Å². The highest BCUT2D eigenvalue weighted by Crippen LogP contribution is 2.48. The number of benzene rings is 2. The molecule has 0 spiro atoms. The smallest absolute Gasteiger partial charge is 0.407 e. The Morgan fingerprint density at radius 3 is 1.57 bits per heavy atom. The van der Waals surface area contributed by atoms with Gasteiger partial charge in [0.2, 0.25) is 0 Å². The van der Waals surface area contributed by atoms with Crippen molar-refractivity contribution in [1.29, 1.82) is 0 Å². The lowest BCUT2D eigenvalue weighted by molar-refractivity contribution is 0.107. The van der Waals surface area contributed by atoms with Crippen LogP contribution in [-0.2, 0) is 22.7 Å². The first-order valence-corrected chi connectivity index (χ1v) is 10.5. The summed E-state index contributed by atoms with van der Waals surface area (Å²) in [6.07, 6.45) is 4.30. The van der Waals surface area contributed by atoms with Gasteiger partial charge < -0.3 is 20.1 Å². The van der Waals surface area contributed by atoms with Gasteiger partial charge in [-0.3, -0.25) is 0 Å². The monoisotopic (exact) mass is 408 g/mol. The summed E-state index contributed by atoms with van der Waals surface area (Å²) in [7, 11) is 0. The molecule has 2 N–H and O–H groups in total. The van der Waals surface area contributed by atoms with Crippen LogP contribution in [0.4, 0.5) is 9.59 Å². The summed E-state index contributed by atoms with van der Waals surface area (Å²) in [4.78, 5) is 24.8. The van der Waals surface area contributed by atoms with E-state index in [0.29, 0.717) is 6.42 Å². The van der Waals surface area contributed by atoms with Gasteiger partial charge in [-0.2, -0.15) is 0 Å². The van der Waals surface area contributed by atoms with Crippen LogP contribution in [0.3, 0.4) is 0 Å². The van der Waals surface area contributed by atoms with E-state index in [1.54, 1.807) is 0 Å². The summed E-state index contributed by atoms with van der Waals surface area (Å²) < 4.78 is 10.8. The highest BCUT2D eigenvalue weighted by molar-refractivity contribution is 5.70. The number of nitrogens with one attached hydrogen (secondary N) is 2. The number of ether oxygens (including phenoxy) is 2. The molecule has 158 valence electrons. The number of amides is 2. The van der Waals surface area contributed by atoms with E-state index in [2.05, 4.69) is 10.6 Å². The van der Waals surface area contributed by atoms with Crippen LogP contribution in [-0.4, -0.2) is 23.3 Å². The first-order valence-electron chi connectivity index (χ1n) is 10.5. The van der Waals surface area contributed by atoms with Crippen molar-refractivity contribution in [2.75, 3.05) is 0 Å². The summed E-state index contributed by atoms with van der Waals surface area (Å²) in [5.74, 6) is 0. The van der Waals surface area contributed by atoms with Crippen molar-refractivity contribution < 1.29 is 19.1 Å². The highest BCUT2D eigenvalue weighted by Gasteiger charge is 2.52. The van der Waals surface area contributed by atoms with Crippen molar-refractivity contribution in [2.24, 2.45) is 0 Å². The Labute approximate surface area is 177 Å². The molecule has 2 aromatic carbocycles. The van der Waals surface area contributed by atoms with Gasteiger partial charge in [0.15, 0.2) is 0 Å². The molecule has 6 heteroatoms. The normalized spacial score (nSPS) is 24.7. The zero-order valence-electron chi connectivity index (χ0n) is 17.1. The lowest BCUT2D eigenvalue weighted by atomic mass is 9.78. The first-order chi connectivity index (χ1) is 14.6. The van der Waals surface area contributed by atoms with Gasteiger partial charge in [0.1, 0.15) is 13.2 Å². The second-order valence-corrected chi connectivity index (χ2v) is 8.46. The van der Waals surface area contributed by atoms with Crippen LogP contribution in [0, 0.1) is 0 Å². The zero-order chi connectivity index (χ0) is 20.9. The van der Waals surface area contributed by atoms with Crippen molar-refractivity contribution in [3.8, 4) is 0 Å². The van der Waals surface area contributed by atoms with Crippen molar-refractivity contribution in [2.45, 2.75) is 62.8 Å². The number of carbonyl (C=O) groups is 2. The molecule has 0 aromatic heterocycles. The number of hydrogen-bond donors (Lipinski definition) is 2. The minimum atomic E-state index is -0.400. The minimum absolute atomic E-state index is 0.248. The standard InChI is InChI=1S/C24H28N2O4/c27-21(29-16-19-8-3-1-4-9-19)25-23-12-7-13-24(18-23,15-14-23)26-22(28)30-17-20-10-5-2-6-11-20/h1-6,8-11H,7,12-18H2,(H,25,27)(H,26,28). The van der Waals surface area contributed by atoms with Crippen LogP contribution in [0.15, 0.2) is 60.7 Å². The Morgan fingerprint density at radius 2 is 1.13 bits per heavy atom. The van der Waals surface area contributed by atoms with E-state index >= 15 is 0 Å². The van der Waals surface area contributed by atoms with Gasteiger partial charge in [-0.15, -0.1) is 0 Å². The molecule has 2 aromatic rings. The van der Waals surface area contributed by atoms with E-state index in [4.69, 9.17) is 9.47 Å². The van der Waals surface area contributed by atoms with Gasteiger partial charge >= 0.3 is 12.2 Å². The molecule has 2 aliphatic rings. The number of fused-ring (bicyclic) bond motifs is 2. The van der Waals surface area contributed by atoms with Crippen LogP contribution in [0.2, 0.25) is 0 Å². The summed E-state index contributed by atoms with van der Waals surface area (Å²) in [5.41, 5.74) is 1.27. The van der Waals surface area contributed by atoms with E-state index < -0.39 is 12.2 Å². The molecule has 30 heavy (non-hydrogen) atoms. The van der Waals surface area contributed by atoms with E-state index in [1.165, 1.54) is 0 Å². The fraction of sp³-hybridized carbons (Fsp3) is 0.417. The maximum absolute atomic E-state index is 12.4. The maximum Gasteiger partial charge on any atom is 0.407 e. The topological polar surface area (TPSA) is 76.7 Å². The molecule has 0 aliphatic heterocycles. The lowest BCUT2D eigenvalue weighted by Crippen LogP contribution is -2.55. The van der Waals surface area contributed by atoms with Gasteiger partial charge in [-0.25, -0.2) is 9.59 Å². The molecular formula is C24H28N2O4. The molecule has 6 nitrogen and oxygen atoms in total. The van der Waals surface area contributed by atoms with Gasteiger partial charge in [-0.05, 0) is 49.7 Å². The lowest BCUT2D eigenvalue weighted by Gasteiger charge is -2.39. The zero-order valence-corrected chi connectivity index (χ0v) is 17.1.